The highest BCUT2D eigenvalue weighted by molar-refractivity contribution is 7.08. The van der Waals surface area contributed by atoms with Gasteiger partial charge in [-0.3, -0.25) is 0 Å². The number of thiophene rings is 1. The van der Waals surface area contributed by atoms with Crippen molar-refractivity contribution in [2.75, 3.05) is 18.5 Å². The van der Waals surface area contributed by atoms with Crippen molar-refractivity contribution < 1.29 is 14.6 Å². The van der Waals surface area contributed by atoms with Crippen molar-refractivity contribution in [2.45, 2.75) is 6.54 Å². The number of anilines is 1. The number of rotatable bonds is 6. The number of nitrogens with one attached hydrogen (secondary N) is 2. The van der Waals surface area contributed by atoms with Crippen molar-refractivity contribution in [2.24, 2.45) is 0 Å². The molecule has 1 aromatic heterocycles. The second kappa shape index (κ2) is 7.52. The van der Waals surface area contributed by atoms with Crippen LogP contribution in [0.5, 0.6) is 5.75 Å². The smallest absolute Gasteiger partial charge is 0.319 e. The van der Waals surface area contributed by atoms with Gasteiger partial charge in [0.2, 0.25) is 0 Å². The Bertz CT molecular complexity index is 543. The molecule has 2 rings (SSSR count). The summed E-state index contributed by atoms with van der Waals surface area (Å²) >= 11 is 1.52. The standard InChI is InChI=1S/C14H16N2O3S/c17-6-7-19-13-4-2-1-3-11(13)9-15-14(18)16-12-5-8-20-10-12/h1-5,8,10,17H,6-7,9H2,(H2,15,16,18). The molecule has 0 fully saturated rings. The zero-order valence-electron chi connectivity index (χ0n) is 10.8. The predicted octanol–water partition coefficient (Wildman–Crippen LogP) is 2.44. The van der Waals surface area contributed by atoms with Gasteiger partial charge < -0.3 is 20.5 Å². The van der Waals surface area contributed by atoms with Gasteiger partial charge in [-0.25, -0.2) is 4.79 Å². The summed E-state index contributed by atoms with van der Waals surface area (Å²) in [6.45, 7) is 0.552. The lowest BCUT2D eigenvalue weighted by Crippen LogP contribution is -2.28. The van der Waals surface area contributed by atoms with Gasteiger partial charge in [-0.05, 0) is 17.5 Å². The average molecular weight is 292 g/mol. The second-order valence-electron chi connectivity index (χ2n) is 4.00. The Morgan fingerprint density at radius 2 is 2.15 bits per heavy atom. The molecule has 2 amide bonds. The third-order valence-electron chi connectivity index (χ3n) is 2.54. The Labute approximate surface area is 121 Å². The number of urea groups is 1. The van der Waals surface area contributed by atoms with E-state index in [0.717, 1.165) is 11.3 Å². The molecule has 0 bridgehead atoms. The summed E-state index contributed by atoms with van der Waals surface area (Å²) in [5, 5.41) is 18.0. The van der Waals surface area contributed by atoms with Gasteiger partial charge >= 0.3 is 6.03 Å². The molecule has 0 saturated heterocycles. The molecule has 106 valence electrons. The van der Waals surface area contributed by atoms with Crippen LogP contribution in [0.4, 0.5) is 10.5 Å². The van der Waals surface area contributed by atoms with Gasteiger partial charge in [-0.1, -0.05) is 18.2 Å². The van der Waals surface area contributed by atoms with Crippen LogP contribution in [0.3, 0.4) is 0 Å². The van der Waals surface area contributed by atoms with E-state index in [1.54, 1.807) is 0 Å². The van der Waals surface area contributed by atoms with Gasteiger partial charge in [-0.2, -0.15) is 11.3 Å². The summed E-state index contributed by atoms with van der Waals surface area (Å²) in [7, 11) is 0. The van der Waals surface area contributed by atoms with Gasteiger partial charge in [0, 0.05) is 17.5 Å². The fourth-order valence-electron chi connectivity index (χ4n) is 1.63. The lowest BCUT2D eigenvalue weighted by atomic mass is 10.2. The van der Waals surface area contributed by atoms with Crippen molar-refractivity contribution in [3.8, 4) is 5.75 Å². The van der Waals surface area contributed by atoms with E-state index in [2.05, 4.69) is 10.6 Å². The van der Waals surface area contributed by atoms with E-state index in [0.29, 0.717) is 12.3 Å². The largest absolute Gasteiger partial charge is 0.491 e. The maximum atomic E-state index is 11.7. The van der Waals surface area contributed by atoms with Crippen molar-refractivity contribution in [3.63, 3.8) is 0 Å². The molecule has 0 radical (unpaired) electrons. The van der Waals surface area contributed by atoms with Crippen LogP contribution in [-0.2, 0) is 6.54 Å². The Morgan fingerprint density at radius 3 is 2.90 bits per heavy atom. The number of carbonyl (C=O) groups excluding carboxylic acids is 1. The molecule has 20 heavy (non-hydrogen) atoms. The molecule has 1 heterocycles. The molecular formula is C14H16N2O3S. The first-order valence-corrected chi connectivity index (χ1v) is 7.12. The Kier molecular flexibility index (Phi) is 5.40. The van der Waals surface area contributed by atoms with Crippen LogP contribution in [0.1, 0.15) is 5.56 Å². The lowest BCUT2D eigenvalue weighted by molar-refractivity contribution is 0.200. The third-order valence-corrected chi connectivity index (χ3v) is 3.22. The number of hydrogen-bond donors (Lipinski definition) is 3. The van der Waals surface area contributed by atoms with Crippen LogP contribution in [0, 0.1) is 0 Å². The minimum absolute atomic E-state index is 0.0413. The van der Waals surface area contributed by atoms with Gasteiger partial charge in [0.25, 0.3) is 0 Å². The van der Waals surface area contributed by atoms with Crippen LogP contribution >= 0.6 is 11.3 Å². The minimum Gasteiger partial charge on any atom is -0.491 e. The summed E-state index contributed by atoms with van der Waals surface area (Å²) in [5.74, 6) is 0.664. The molecule has 0 saturated carbocycles. The molecule has 0 spiro atoms. The number of para-hydroxylation sites is 1. The van der Waals surface area contributed by atoms with E-state index in [9.17, 15) is 4.79 Å². The summed E-state index contributed by atoms with van der Waals surface area (Å²) < 4.78 is 5.40. The summed E-state index contributed by atoms with van der Waals surface area (Å²) in [5.41, 5.74) is 1.64. The lowest BCUT2D eigenvalue weighted by Gasteiger charge is -2.11. The fraction of sp³-hybridized carbons (Fsp3) is 0.214. The highest BCUT2D eigenvalue weighted by atomic mass is 32.1. The van der Waals surface area contributed by atoms with E-state index in [1.807, 2.05) is 41.1 Å². The van der Waals surface area contributed by atoms with Crippen LogP contribution in [-0.4, -0.2) is 24.4 Å². The Hall–Kier alpha value is -2.05. The molecule has 0 aliphatic rings. The third kappa shape index (κ3) is 4.25. The summed E-state index contributed by atoms with van der Waals surface area (Å²) in [4.78, 5) is 11.7. The first kappa shape index (κ1) is 14.4. The van der Waals surface area contributed by atoms with Crippen molar-refractivity contribution >= 4 is 23.1 Å². The van der Waals surface area contributed by atoms with Crippen LogP contribution in [0.25, 0.3) is 0 Å². The van der Waals surface area contributed by atoms with Crippen molar-refractivity contribution in [3.05, 3.63) is 46.7 Å². The molecule has 2 aromatic rings. The maximum Gasteiger partial charge on any atom is 0.319 e. The number of aliphatic hydroxyl groups is 1. The second-order valence-corrected chi connectivity index (χ2v) is 4.78. The highest BCUT2D eigenvalue weighted by Crippen LogP contribution is 2.17. The number of carbonyl (C=O) groups is 1. The van der Waals surface area contributed by atoms with E-state index in [-0.39, 0.29) is 19.2 Å². The Morgan fingerprint density at radius 1 is 1.30 bits per heavy atom. The highest BCUT2D eigenvalue weighted by Gasteiger charge is 2.06. The molecule has 5 nitrogen and oxygen atoms in total. The number of hydrogen-bond acceptors (Lipinski definition) is 4. The van der Waals surface area contributed by atoms with Crippen LogP contribution < -0.4 is 15.4 Å². The SMILES string of the molecule is O=C(NCc1ccccc1OCCO)Nc1ccsc1. The number of ether oxygens (including phenoxy) is 1. The fourth-order valence-corrected chi connectivity index (χ4v) is 2.22. The molecular weight excluding hydrogens is 276 g/mol. The average Bonchev–Trinajstić information content (AvgIpc) is 2.96. The molecule has 0 aliphatic heterocycles. The van der Waals surface area contributed by atoms with Crippen LogP contribution in [0.15, 0.2) is 41.1 Å². The van der Waals surface area contributed by atoms with Crippen molar-refractivity contribution in [1.82, 2.24) is 5.32 Å². The first-order valence-electron chi connectivity index (χ1n) is 6.18. The number of benzene rings is 1. The normalized spacial score (nSPS) is 10.1. The molecule has 0 aliphatic carbocycles. The van der Waals surface area contributed by atoms with Gasteiger partial charge in [0.1, 0.15) is 12.4 Å². The monoisotopic (exact) mass is 292 g/mol. The molecule has 1 aromatic carbocycles. The first-order chi connectivity index (χ1) is 9.79. The zero-order valence-corrected chi connectivity index (χ0v) is 11.7. The summed E-state index contributed by atoms with van der Waals surface area (Å²) in [6, 6.07) is 8.98. The molecule has 3 N–H and O–H groups in total. The predicted molar refractivity (Wildman–Crippen MR) is 79.2 cm³/mol. The molecule has 0 atom stereocenters. The van der Waals surface area contributed by atoms with Gasteiger partial charge in [0.05, 0.1) is 12.3 Å². The zero-order chi connectivity index (χ0) is 14.2. The van der Waals surface area contributed by atoms with E-state index >= 15 is 0 Å². The van der Waals surface area contributed by atoms with Crippen LogP contribution in [0.2, 0.25) is 0 Å². The topological polar surface area (TPSA) is 70.6 Å². The summed E-state index contributed by atoms with van der Waals surface area (Å²) in [6.07, 6.45) is 0. The van der Waals surface area contributed by atoms with E-state index in [4.69, 9.17) is 9.84 Å². The Balaban J connectivity index is 1.88. The maximum absolute atomic E-state index is 11.7. The molecule has 6 heteroatoms. The number of aliphatic hydroxyl groups excluding tert-OH is 1. The van der Waals surface area contributed by atoms with E-state index < -0.39 is 0 Å². The van der Waals surface area contributed by atoms with Gasteiger partial charge in [-0.15, -0.1) is 0 Å². The van der Waals surface area contributed by atoms with E-state index in [1.165, 1.54) is 11.3 Å². The van der Waals surface area contributed by atoms with Crippen molar-refractivity contribution in [1.29, 1.82) is 0 Å². The quantitative estimate of drug-likeness (QED) is 0.766. The molecule has 0 unspecified atom stereocenters. The minimum atomic E-state index is -0.264. The number of amides is 2. The van der Waals surface area contributed by atoms with Gasteiger partial charge in [0.15, 0.2) is 0 Å².